The van der Waals surface area contributed by atoms with Gasteiger partial charge in [0.2, 0.25) is 0 Å². The Hall–Kier alpha value is -0.840. The van der Waals surface area contributed by atoms with Gasteiger partial charge in [0.25, 0.3) is 0 Å². The summed E-state index contributed by atoms with van der Waals surface area (Å²) in [5.41, 5.74) is 1.70. The molecule has 2 unspecified atom stereocenters. The fourth-order valence-electron chi connectivity index (χ4n) is 3.22. The van der Waals surface area contributed by atoms with Crippen LogP contribution in [0, 0.1) is 0 Å². The first-order valence-corrected chi connectivity index (χ1v) is 8.31. The number of halogens is 2. The third-order valence-electron chi connectivity index (χ3n) is 4.24. The largest absolute Gasteiger partial charge is 0.310 e. The van der Waals surface area contributed by atoms with Gasteiger partial charge in [0.15, 0.2) is 5.65 Å². The predicted molar refractivity (Wildman–Crippen MR) is 87.1 cm³/mol. The maximum atomic E-state index is 6.32. The number of aromatic nitrogens is 3. The maximum absolute atomic E-state index is 6.32. The molecular weight excluding hydrogens is 307 g/mol. The van der Waals surface area contributed by atoms with Crippen LogP contribution in [-0.2, 0) is 6.54 Å². The Balaban J connectivity index is 2.01. The Kier molecular flexibility index (Phi) is 4.38. The number of likely N-dealkylation sites (tertiary alicyclic amines) is 1. The van der Waals surface area contributed by atoms with E-state index >= 15 is 0 Å². The monoisotopic (exact) mass is 326 g/mol. The van der Waals surface area contributed by atoms with Crippen molar-refractivity contribution in [3.63, 3.8) is 0 Å². The summed E-state index contributed by atoms with van der Waals surface area (Å²) < 4.78 is 2.17. The fourth-order valence-corrected chi connectivity index (χ4v) is 3.54. The third-order valence-corrected chi connectivity index (χ3v) is 4.64. The fraction of sp³-hybridized carbons (Fsp3) is 0.600. The molecule has 0 amide bonds. The highest BCUT2D eigenvalue weighted by molar-refractivity contribution is 6.31. The molecule has 4 nitrogen and oxygen atoms in total. The molecule has 21 heavy (non-hydrogen) atoms. The molecule has 3 rings (SSSR count). The van der Waals surface area contributed by atoms with Crippen molar-refractivity contribution >= 4 is 34.4 Å². The van der Waals surface area contributed by atoms with E-state index in [0.717, 1.165) is 30.1 Å². The number of hydrogen-bond donors (Lipinski definition) is 0. The first-order valence-electron chi connectivity index (χ1n) is 7.50. The molecule has 0 spiro atoms. The molecule has 2 aromatic rings. The predicted octanol–water partition coefficient (Wildman–Crippen LogP) is 3.87. The van der Waals surface area contributed by atoms with Crippen LogP contribution in [0.4, 0.5) is 0 Å². The van der Waals surface area contributed by atoms with E-state index in [1.165, 1.54) is 19.4 Å². The summed E-state index contributed by atoms with van der Waals surface area (Å²) in [4.78, 5) is 11.6. The maximum Gasteiger partial charge on any atom is 0.160 e. The Labute approximate surface area is 135 Å². The molecule has 3 heterocycles. The summed E-state index contributed by atoms with van der Waals surface area (Å²) in [5, 5.41) is 0.464. The van der Waals surface area contributed by atoms with Crippen LogP contribution in [0.15, 0.2) is 12.3 Å². The van der Waals surface area contributed by atoms with Gasteiger partial charge < -0.3 is 4.57 Å². The van der Waals surface area contributed by atoms with Crippen LogP contribution in [0.25, 0.3) is 11.2 Å². The molecule has 0 bridgehead atoms. The molecule has 1 saturated heterocycles. The van der Waals surface area contributed by atoms with Crippen LogP contribution in [0.5, 0.6) is 0 Å². The smallest absolute Gasteiger partial charge is 0.160 e. The van der Waals surface area contributed by atoms with Gasteiger partial charge >= 0.3 is 0 Å². The molecule has 6 heteroatoms. The van der Waals surface area contributed by atoms with Gasteiger partial charge in [-0.25, -0.2) is 9.97 Å². The number of imidazole rings is 1. The Morgan fingerprint density at radius 1 is 1.48 bits per heavy atom. The van der Waals surface area contributed by atoms with Crippen molar-refractivity contribution in [1.29, 1.82) is 0 Å². The lowest BCUT2D eigenvalue weighted by molar-refractivity contribution is 0.244. The van der Waals surface area contributed by atoms with Gasteiger partial charge in [0.1, 0.15) is 11.3 Å². The van der Waals surface area contributed by atoms with Crippen LogP contribution in [0.1, 0.15) is 37.9 Å². The van der Waals surface area contributed by atoms with E-state index < -0.39 is 0 Å². The number of alkyl halides is 1. The standard InChI is InChI=1S/C15H20Cl2N4/c1-3-20-6-4-5-12(20)9-21-14(10(2)16)19-13-7-11(17)8-18-15(13)21/h7-8,10,12H,3-6,9H2,1-2H3. The number of nitrogens with zero attached hydrogens (tertiary/aromatic N) is 4. The van der Waals surface area contributed by atoms with Gasteiger partial charge in [-0.2, -0.15) is 0 Å². The lowest BCUT2D eigenvalue weighted by atomic mass is 10.2. The van der Waals surface area contributed by atoms with Gasteiger partial charge in [0.05, 0.1) is 10.4 Å². The lowest BCUT2D eigenvalue weighted by Crippen LogP contribution is -2.33. The molecule has 2 atom stereocenters. The number of likely N-dealkylation sites (N-methyl/N-ethyl adjacent to an activating group) is 1. The highest BCUT2D eigenvalue weighted by Crippen LogP contribution is 2.27. The summed E-state index contributed by atoms with van der Waals surface area (Å²) in [6.45, 7) is 7.33. The van der Waals surface area contributed by atoms with Crippen LogP contribution in [0.3, 0.4) is 0 Å². The summed E-state index contributed by atoms with van der Waals surface area (Å²) in [6, 6.07) is 2.40. The minimum atomic E-state index is -0.144. The number of rotatable bonds is 4. The van der Waals surface area contributed by atoms with Crippen LogP contribution < -0.4 is 0 Å². The van der Waals surface area contributed by atoms with E-state index in [1.807, 2.05) is 13.0 Å². The average Bonchev–Trinajstić information content (AvgIpc) is 3.03. The molecule has 1 aliphatic rings. The van der Waals surface area contributed by atoms with Crippen molar-refractivity contribution < 1.29 is 0 Å². The SMILES string of the molecule is CCN1CCCC1Cn1c(C(C)Cl)nc2cc(Cl)cnc21. The minimum absolute atomic E-state index is 0.144. The molecule has 1 fully saturated rings. The third kappa shape index (κ3) is 2.89. The van der Waals surface area contributed by atoms with E-state index in [-0.39, 0.29) is 5.38 Å². The van der Waals surface area contributed by atoms with Gasteiger partial charge in [-0.3, -0.25) is 4.90 Å². The van der Waals surface area contributed by atoms with Gasteiger partial charge in [-0.15, -0.1) is 11.6 Å². The van der Waals surface area contributed by atoms with E-state index in [4.69, 9.17) is 23.2 Å². The normalized spacial score (nSPS) is 21.2. The highest BCUT2D eigenvalue weighted by Gasteiger charge is 2.26. The highest BCUT2D eigenvalue weighted by atomic mass is 35.5. The van der Waals surface area contributed by atoms with E-state index in [0.29, 0.717) is 11.1 Å². The lowest BCUT2D eigenvalue weighted by Gasteiger charge is -2.24. The number of fused-ring (bicyclic) bond motifs is 1. The van der Waals surface area contributed by atoms with Crippen LogP contribution in [-0.4, -0.2) is 38.6 Å². The average molecular weight is 327 g/mol. The van der Waals surface area contributed by atoms with Crippen LogP contribution in [0.2, 0.25) is 5.02 Å². The zero-order valence-electron chi connectivity index (χ0n) is 12.4. The topological polar surface area (TPSA) is 34.0 Å². The van der Waals surface area contributed by atoms with Crippen molar-refractivity contribution in [3.05, 3.63) is 23.1 Å². The minimum Gasteiger partial charge on any atom is -0.310 e. The first-order chi connectivity index (χ1) is 10.1. The molecule has 2 aromatic heterocycles. The Morgan fingerprint density at radius 3 is 3.00 bits per heavy atom. The quantitative estimate of drug-likeness (QED) is 0.800. The summed E-state index contributed by atoms with van der Waals surface area (Å²) in [5.74, 6) is 0.879. The Bertz CT molecular complexity index is 638. The second-order valence-corrected chi connectivity index (χ2v) is 6.71. The van der Waals surface area contributed by atoms with Gasteiger partial charge in [-0.1, -0.05) is 18.5 Å². The van der Waals surface area contributed by atoms with Gasteiger partial charge in [0, 0.05) is 18.8 Å². The van der Waals surface area contributed by atoms with Gasteiger partial charge in [-0.05, 0) is 38.9 Å². The zero-order valence-corrected chi connectivity index (χ0v) is 13.9. The van der Waals surface area contributed by atoms with Crippen molar-refractivity contribution in [2.45, 2.75) is 44.7 Å². The molecule has 0 radical (unpaired) electrons. The molecule has 0 aliphatic carbocycles. The van der Waals surface area contributed by atoms with Crippen molar-refractivity contribution in [3.8, 4) is 0 Å². The molecule has 114 valence electrons. The molecule has 0 saturated carbocycles. The van der Waals surface area contributed by atoms with Crippen molar-refractivity contribution in [2.75, 3.05) is 13.1 Å². The Morgan fingerprint density at radius 2 is 2.29 bits per heavy atom. The van der Waals surface area contributed by atoms with Crippen molar-refractivity contribution in [1.82, 2.24) is 19.4 Å². The van der Waals surface area contributed by atoms with Crippen LogP contribution >= 0.6 is 23.2 Å². The first kappa shape index (κ1) is 15.1. The zero-order chi connectivity index (χ0) is 15.0. The van der Waals surface area contributed by atoms with E-state index in [9.17, 15) is 0 Å². The molecule has 1 aliphatic heterocycles. The second-order valence-electron chi connectivity index (χ2n) is 5.62. The summed E-state index contributed by atoms with van der Waals surface area (Å²) in [7, 11) is 0. The molecular formula is C15H20Cl2N4. The van der Waals surface area contributed by atoms with Crippen molar-refractivity contribution in [2.24, 2.45) is 0 Å². The van der Waals surface area contributed by atoms with E-state index in [1.54, 1.807) is 6.20 Å². The number of hydrogen-bond acceptors (Lipinski definition) is 3. The molecule has 0 N–H and O–H groups in total. The van der Waals surface area contributed by atoms with E-state index in [2.05, 4.69) is 26.4 Å². The number of pyridine rings is 1. The second kappa shape index (κ2) is 6.11. The summed E-state index contributed by atoms with van der Waals surface area (Å²) >= 11 is 12.3. The summed E-state index contributed by atoms with van der Waals surface area (Å²) in [6.07, 6.45) is 4.16. The molecule has 0 aromatic carbocycles.